The van der Waals surface area contributed by atoms with Crippen molar-refractivity contribution in [2.75, 3.05) is 6.61 Å². The Kier molecular flexibility index (Phi) is 5.67. The molecule has 24 heavy (non-hydrogen) atoms. The van der Waals surface area contributed by atoms with Gasteiger partial charge in [0, 0.05) is 0 Å². The van der Waals surface area contributed by atoms with Crippen LogP contribution in [0.2, 0.25) is 0 Å². The Bertz CT molecular complexity index is 641. The van der Waals surface area contributed by atoms with Crippen LogP contribution in [0.4, 0.5) is 0 Å². The van der Waals surface area contributed by atoms with Gasteiger partial charge in [-0.2, -0.15) is 0 Å². The molecular weight excluding hydrogens is 306 g/mol. The number of rotatable bonds is 6. The van der Waals surface area contributed by atoms with Gasteiger partial charge in [0.1, 0.15) is 17.6 Å². The molecule has 2 N–H and O–H groups in total. The van der Waals surface area contributed by atoms with Gasteiger partial charge in [-0.1, -0.05) is 32.9 Å². The number of carbonyl (C=O) groups is 1. The summed E-state index contributed by atoms with van der Waals surface area (Å²) in [5.74, 6) is 0.821. The number of carbonyl (C=O) groups excluding carboxylic acids is 1. The van der Waals surface area contributed by atoms with Gasteiger partial charge >= 0.3 is 0 Å². The highest BCUT2D eigenvalue weighted by atomic mass is 16.5. The van der Waals surface area contributed by atoms with Crippen LogP contribution >= 0.6 is 0 Å². The fourth-order valence-electron chi connectivity index (χ4n) is 2.28. The third-order valence-electron chi connectivity index (χ3n) is 3.79. The average Bonchev–Trinajstić information content (AvgIpc) is 3.06. The van der Waals surface area contributed by atoms with Crippen LogP contribution < -0.4 is 10.1 Å². The largest absolute Gasteiger partial charge is 0.481 e. The van der Waals surface area contributed by atoms with E-state index in [9.17, 15) is 9.90 Å². The molecular formula is C19H25NO4. The maximum Gasteiger partial charge on any atom is 0.261 e. The lowest BCUT2D eigenvalue weighted by atomic mass is 9.87. The second kappa shape index (κ2) is 7.53. The van der Waals surface area contributed by atoms with E-state index in [4.69, 9.17) is 9.15 Å². The summed E-state index contributed by atoms with van der Waals surface area (Å²) in [7, 11) is 0. The number of furan rings is 1. The number of aliphatic hydroxyl groups excluding tert-OH is 1. The van der Waals surface area contributed by atoms with Crippen LogP contribution in [0.25, 0.3) is 0 Å². The summed E-state index contributed by atoms with van der Waals surface area (Å²) < 4.78 is 10.9. The molecule has 0 saturated heterocycles. The first-order valence-electron chi connectivity index (χ1n) is 8.03. The van der Waals surface area contributed by atoms with E-state index < -0.39 is 12.1 Å². The van der Waals surface area contributed by atoms with E-state index in [1.165, 1.54) is 11.8 Å². The van der Waals surface area contributed by atoms with E-state index in [-0.39, 0.29) is 17.9 Å². The van der Waals surface area contributed by atoms with Crippen molar-refractivity contribution >= 4 is 5.91 Å². The van der Waals surface area contributed by atoms with E-state index in [1.54, 1.807) is 19.1 Å². The van der Waals surface area contributed by atoms with Crippen molar-refractivity contribution in [3.05, 3.63) is 54.0 Å². The Balaban J connectivity index is 1.96. The molecule has 0 fully saturated rings. The number of hydrogen-bond donors (Lipinski definition) is 2. The molecule has 2 aromatic rings. The van der Waals surface area contributed by atoms with Crippen molar-refractivity contribution in [1.29, 1.82) is 0 Å². The molecule has 2 atom stereocenters. The summed E-state index contributed by atoms with van der Waals surface area (Å²) in [6.45, 7) is 7.85. The fraction of sp³-hybridized carbons (Fsp3) is 0.421. The predicted octanol–water partition coefficient (Wildman–Crippen LogP) is 3.19. The second-order valence-corrected chi connectivity index (χ2v) is 6.79. The van der Waals surface area contributed by atoms with E-state index in [0.29, 0.717) is 11.5 Å². The minimum absolute atomic E-state index is 0.0684. The maximum atomic E-state index is 12.2. The molecule has 0 aliphatic rings. The molecule has 2 unspecified atom stereocenters. The van der Waals surface area contributed by atoms with Gasteiger partial charge in [0.05, 0.1) is 12.9 Å². The Hall–Kier alpha value is -2.27. The van der Waals surface area contributed by atoms with Crippen molar-refractivity contribution in [3.63, 3.8) is 0 Å². The van der Waals surface area contributed by atoms with Crippen LogP contribution in [0, 0.1) is 0 Å². The first-order valence-corrected chi connectivity index (χ1v) is 8.03. The van der Waals surface area contributed by atoms with Crippen molar-refractivity contribution in [2.45, 2.75) is 45.3 Å². The highest BCUT2D eigenvalue weighted by molar-refractivity contribution is 5.81. The molecule has 1 aromatic carbocycles. The molecule has 5 heteroatoms. The number of nitrogens with one attached hydrogen (secondary N) is 1. The Morgan fingerprint density at radius 2 is 1.92 bits per heavy atom. The number of benzene rings is 1. The fourth-order valence-corrected chi connectivity index (χ4v) is 2.28. The Morgan fingerprint density at radius 3 is 2.42 bits per heavy atom. The van der Waals surface area contributed by atoms with Crippen molar-refractivity contribution in [1.82, 2.24) is 5.32 Å². The summed E-state index contributed by atoms with van der Waals surface area (Å²) >= 11 is 0. The van der Waals surface area contributed by atoms with Gasteiger partial charge in [0.2, 0.25) is 0 Å². The minimum Gasteiger partial charge on any atom is -0.481 e. The summed E-state index contributed by atoms with van der Waals surface area (Å²) in [4.78, 5) is 12.2. The molecule has 0 aliphatic carbocycles. The maximum absolute atomic E-state index is 12.2. The quantitative estimate of drug-likeness (QED) is 0.853. The van der Waals surface area contributed by atoms with E-state index in [2.05, 4.69) is 26.1 Å². The van der Waals surface area contributed by atoms with Gasteiger partial charge in [-0.3, -0.25) is 4.79 Å². The number of hydrogen-bond acceptors (Lipinski definition) is 4. The van der Waals surface area contributed by atoms with Crippen LogP contribution in [-0.4, -0.2) is 23.7 Å². The summed E-state index contributed by atoms with van der Waals surface area (Å²) in [6.07, 6.45) is 0.815. The first kappa shape index (κ1) is 18.1. The smallest absolute Gasteiger partial charge is 0.261 e. The molecule has 0 saturated carbocycles. The average molecular weight is 331 g/mol. The van der Waals surface area contributed by atoms with Gasteiger partial charge in [-0.25, -0.2) is 0 Å². The van der Waals surface area contributed by atoms with E-state index in [0.717, 1.165) is 0 Å². The van der Waals surface area contributed by atoms with Crippen LogP contribution in [-0.2, 0) is 10.2 Å². The van der Waals surface area contributed by atoms with Gasteiger partial charge in [-0.05, 0) is 42.2 Å². The molecule has 1 aromatic heterocycles. The van der Waals surface area contributed by atoms with E-state index in [1.807, 2.05) is 24.3 Å². The van der Waals surface area contributed by atoms with Gasteiger partial charge < -0.3 is 19.6 Å². The first-order chi connectivity index (χ1) is 11.3. The Labute approximate surface area is 142 Å². The third-order valence-corrected chi connectivity index (χ3v) is 3.79. The van der Waals surface area contributed by atoms with Crippen LogP contribution in [0.5, 0.6) is 5.75 Å². The number of ether oxygens (including phenoxy) is 1. The Morgan fingerprint density at radius 1 is 1.25 bits per heavy atom. The molecule has 0 bridgehead atoms. The zero-order valence-electron chi connectivity index (χ0n) is 14.6. The minimum atomic E-state index is -0.686. The van der Waals surface area contributed by atoms with E-state index >= 15 is 0 Å². The lowest BCUT2D eigenvalue weighted by Crippen LogP contribution is -2.39. The van der Waals surface area contributed by atoms with Crippen molar-refractivity contribution in [3.8, 4) is 5.75 Å². The lowest BCUT2D eigenvalue weighted by Gasteiger charge is -2.21. The highest BCUT2D eigenvalue weighted by Crippen LogP contribution is 2.24. The van der Waals surface area contributed by atoms with Gasteiger partial charge in [0.15, 0.2) is 6.10 Å². The van der Waals surface area contributed by atoms with Gasteiger partial charge in [-0.15, -0.1) is 0 Å². The summed E-state index contributed by atoms with van der Waals surface area (Å²) in [5, 5.41) is 12.1. The molecule has 0 radical (unpaired) electrons. The molecule has 130 valence electrons. The zero-order valence-corrected chi connectivity index (χ0v) is 14.6. The predicted molar refractivity (Wildman–Crippen MR) is 91.9 cm³/mol. The van der Waals surface area contributed by atoms with Crippen molar-refractivity contribution in [2.24, 2.45) is 0 Å². The SMILES string of the molecule is CC(Oc1ccc(C(C)(C)C)cc1)C(=O)NC(CO)c1ccco1. The second-order valence-electron chi connectivity index (χ2n) is 6.79. The molecule has 2 rings (SSSR count). The zero-order chi connectivity index (χ0) is 17.7. The van der Waals surface area contributed by atoms with Crippen LogP contribution in [0.3, 0.4) is 0 Å². The van der Waals surface area contributed by atoms with Crippen molar-refractivity contribution < 1.29 is 19.1 Å². The lowest BCUT2D eigenvalue weighted by molar-refractivity contribution is -0.128. The monoisotopic (exact) mass is 331 g/mol. The third kappa shape index (κ3) is 4.61. The highest BCUT2D eigenvalue weighted by Gasteiger charge is 2.21. The van der Waals surface area contributed by atoms with Gasteiger partial charge in [0.25, 0.3) is 5.91 Å². The topological polar surface area (TPSA) is 71.7 Å². The number of aliphatic hydroxyl groups is 1. The molecule has 1 amide bonds. The molecule has 0 aliphatic heterocycles. The van der Waals surface area contributed by atoms with Crippen LogP contribution in [0.1, 0.15) is 45.1 Å². The summed E-state index contributed by atoms with van der Waals surface area (Å²) in [5.41, 5.74) is 1.27. The van der Waals surface area contributed by atoms with Crippen LogP contribution in [0.15, 0.2) is 47.1 Å². The normalized spacial score (nSPS) is 14.0. The summed E-state index contributed by atoms with van der Waals surface area (Å²) in [6, 6.07) is 10.6. The molecule has 1 heterocycles. The molecule has 0 spiro atoms. The standard InChI is InChI=1S/C19H25NO4/c1-13(18(22)20-16(12-21)17-6-5-11-23-17)24-15-9-7-14(8-10-15)19(2,3)4/h5-11,13,16,21H,12H2,1-4H3,(H,20,22). The number of amides is 1. The molecule has 5 nitrogen and oxygen atoms in total.